The summed E-state index contributed by atoms with van der Waals surface area (Å²) in [4.78, 5) is 0. The fourth-order valence-corrected chi connectivity index (χ4v) is 3.21. The highest BCUT2D eigenvalue weighted by molar-refractivity contribution is 7.84. The van der Waals surface area contributed by atoms with Crippen LogP contribution in [0.4, 0.5) is 0 Å². The predicted molar refractivity (Wildman–Crippen MR) is 87.3 cm³/mol. The summed E-state index contributed by atoms with van der Waals surface area (Å²) in [6.45, 7) is 3.73. The number of hydrogen-bond acceptors (Lipinski definition) is 5. The lowest BCUT2D eigenvalue weighted by atomic mass is 10.0. The molecule has 1 fully saturated rings. The van der Waals surface area contributed by atoms with Gasteiger partial charge in [-0.25, -0.2) is 5.14 Å². The molecule has 1 aromatic carbocycles. The van der Waals surface area contributed by atoms with Crippen LogP contribution in [0, 0.1) is 0 Å². The lowest BCUT2D eigenvalue weighted by molar-refractivity contribution is -0.180. The van der Waals surface area contributed by atoms with Crippen molar-refractivity contribution in [1.82, 2.24) is 0 Å². The van der Waals surface area contributed by atoms with Crippen LogP contribution < -0.4 is 5.14 Å². The molecule has 0 spiro atoms. The van der Waals surface area contributed by atoms with Crippen LogP contribution in [-0.4, -0.2) is 33.0 Å². The molecule has 2 rings (SSSR count). The van der Waals surface area contributed by atoms with Gasteiger partial charge in [0.1, 0.15) is 6.10 Å². The van der Waals surface area contributed by atoms with Gasteiger partial charge in [-0.3, -0.25) is 4.18 Å². The summed E-state index contributed by atoms with van der Waals surface area (Å²) in [6, 6.07) is 7.44. The summed E-state index contributed by atoms with van der Waals surface area (Å²) < 4.78 is 38.8. The van der Waals surface area contributed by atoms with E-state index in [4.69, 9.17) is 30.4 Å². The van der Waals surface area contributed by atoms with E-state index in [0.29, 0.717) is 24.3 Å². The first-order chi connectivity index (χ1) is 10.8. The molecule has 0 radical (unpaired) electrons. The molecular formula is C15H22ClNO5S. The summed E-state index contributed by atoms with van der Waals surface area (Å²) in [5, 5.41) is 5.53. The smallest absolute Gasteiger partial charge is 0.333 e. The Morgan fingerprint density at radius 2 is 1.83 bits per heavy atom. The Kier molecular flexibility index (Phi) is 6.05. The third-order valence-electron chi connectivity index (χ3n) is 4.00. The molecule has 1 aliphatic heterocycles. The molecule has 6 nitrogen and oxygen atoms in total. The maximum absolute atomic E-state index is 11.0. The van der Waals surface area contributed by atoms with Crippen molar-refractivity contribution in [3.63, 3.8) is 0 Å². The van der Waals surface area contributed by atoms with Crippen molar-refractivity contribution >= 4 is 21.9 Å². The number of rotatable bonds is 7. The van der Waals surface area contributed by atoms with Crippen molar-refractivity contribution in [3.05, 3.63) is 34.9 Å². The Labute approximate surface area is 142 Å². The third kappa shape index (κ3) is 4.89. The SMILES string of the molecule is CCC1(CC)O[C@@H](COS(N)(=O)=O)[C@H](Cc2ccccc2Cl)O1. The van der Waals surface area contributed by atoms with Gasteiger partial charge in [0.15, 0.2) is 5.79 Å². The first-order valence-corrected chi connectivity index (χ1v) is 9.39. The summed E-state index contributed by atoms with van der Waals surface area (Å²) in [5.41, 5.74) is 0.909. The van der Waals surface area contributed by atoms with Gasteiger partial charge in [-0.05, 0) is 24.5 Å². The zero-order valence-electron chi connectivity index (χ0n) is 13.2. The van der Waals surface area contributed by atoms with E-state index in [2.05, 4.69) is 0 Å². The minimum Gasteiger partial charge on any atom is -0.344 e. The molecule has 0 unspecified atom stereocenters. The fraction of sp³-hybridized carbons (Fsp3) is 0.600. The van der Waals surface area contributed by atoms with E-state index >= 15 is 0 Å². The molecule has 2 atom stereocenters. The van der Waals surface area contributed by atoms with Gasteiger partial charge in [-0.2, -0.15) is 8.42 Å². The normalized spacial score (nSPS) is 24.0. The molecule has 1 aromatic rings. The van der Waals surface area contributed by atoms with Crippen LogP contribution in [-0.2, 0) is 30.4 Å². The molecule has 0 saturated carbocycles. The molecule has 130 valence electrons. The average molecular weight is 364 g/mol. The van der Waals surface area contributed by atoms with E-state index in [-0.39, 0.29) is 12.7 Å². The monoisotopic (exact) mass is 363 g/mol. The Balaban J connectivity index is 2.17. The minimum atomic E-state index is -4.03. The standard InChI is InChI=1S/C15H22ClNO5S/c1-3-15(4-2)21-13(9-11-7-5-6-8-12(11)16)14(22-15)10-20-23(17,18)19/h5-8,13-14H,3-4,9-10H2,1-2H3,(H2,17,18,19)/t13-,14-/m0/s1. The highest BCUT2D eigenvalue weighted by Gasteiger charge is 2.45. The van der Waals surface area contributed by atoms with Gasteiger partial charge < -0.3 is 9.47 Å². The predicted octanol–water partition coefficient (Wildman–Crippen LogP) is 2.40. The van der Waals surface area contributed by atoms with E-state index in [1.54, 1.807) is 6.07 Å². The van der Waals surface area contributed by atoms with Gasteiger partial charge in [-0.15, -0.1) is 0 Å². The van der Waals surface area contributed by atoms with Crippen LogP contribution in [0.5, 0.6) is 0 Å². The van der Waals surface area contributed by atoms with E-state index in [0.717, 1.165) is 5.56 Å². The number of hydrogen-bond donors (Lipinski definition) is 1. The highest BCUT2D eigenvalue weighted by atomic mass is 35.5. The van der Waals surface area contributed by atoms with Gasteiger partial charge in [0.05, 0.1) is 12.7 Å². The highest BCUT2D eigenvalue weighted by Crippen LogP contribution is 2.36. The van der Waals surface area contributed by atoms with Gasteiger partial charge in [0, 0.05) is 11.4 Å². The largest absolute Gasteiger partial charge is 0.344 e. The van der Waals surface area contributed by atoms with Crippen LogP contribution >= 0.6 is 11.6 Å². The van der Waals surface area contributed by atoms with Gasteiger partial charge >= 0.3 is 10.3 Å². The van der Waals surface area contributed by atoms with E-state index in [1.807, 2.05) is 32.0 Å². The molecular weight excluding hydrogens is 342 g/mol. The average Bonchev–Trinajstić information content (AvgIpc) is 2.86. The quantitative estimate of drug-likeness (QED) is 0.803. The van der Waals surface area contributed by atoms with Crippen LogP contribution in [0.3, 0.4) is 0 Å². The Morgan fingerprint density at radius 3 is 2.39 bits per heavy atom. The van der Waals surface area contributed by atoms with Crippen LogP contribution in [0.15, 0.2) is 24.3 Å². The first kappa shape index (κ1) is 18.6. The molecule has 23 heavy (non-hydrogen) atoms. The Morgan fingerprint density at radius 1 is 1.22 bits per heavy atom. The second-order valence-corrected chi connectivity index (χ2v) is 7.13. The maximum atomic E-state index is 11.0. The summed E-state index contributed by atoms with van der Waals surface area (Å²) >= 11 is 6.20. The second kappa shape index (κ2) is 7.46. The Hall–Kier alpha value is -0.700. The van der Waals surface area contributed by atoms with E-state index in [1.165, 1.54) is 0 Å². The third-order valence-corrected chi connectivity index (χ3v) is 4.83. The van der Waals surface area contributed by atoms with Crippen molar-refractivity contribution in [2.24, 2.45) is 5.14 Å². The van der Waals surface area contributed by atoms with E-state index < -0.39 is 22.2 Å². The lowest BCUT2D eigenvalue weighted by Crippen LogP contribution is -2.32. The number of halogens is 1. The number of nitrogens with two attached hydrogens (primary N) is 1. The molecule has 1 saturated heterocycles. The molecule has 0 amide bonds. The lowest BCUT2D eigenvalue weighted by Gasteiger charge is -2.25. The molecule has 8 heteroatoms. The number of ether oxygens (including phenoxy) is 2. The summed E-state index contributed by atoms with van der Waals surface area (Å²) in [6.07, 6.45) is 0.893. The maximum Gasteiger partial charge on any atom is 0.333 e. The topological polar surface area (TPSA) is 87.9 Å². The van der Waals surface area contributed by atoms with Gasteiger partial charge in [0.25, 0.3) is 0 Å². The van der Waals surface area contributed by atoms with Crippen molar-refractivity contribution in [1.29, 1.82) is 0 Å². The van der Waals surface area contributed by atoms with E-state index in [9.17, 15) is 8.42 Å². The van der Waals surface area contributed by atoms with Crippen molar-refractivity contribution in [2.45, 2.75) is 51.1 Å². The minimum absolute atomic E-state index is 0.185. The molecule has 0 aromatic heterocycles. The first-order valence-electron chi connectivity index (χ1n) is 7.55. The zero-order chi connectivity index (χ0) is 17.1. The molecule has 0 aliphatic carbocycles. The molecule has 1 heterocycles. The molecule has 2 N–H and O–H groups in total. The van der Waals surface area contributed by atoms with Crippen LogP contribution in [0.25, 0.3) is 0 Å². The van der Waals surface area contributed by atoms with Crippen molar-refractivity contribution in [2.75, 3.05) is 6.61 Å². The molecule has 1 aliphatic rings. The van der Waals surface area contributed by atoms with Crippen molar-refractivity contribution in [3.8, 4) is 0 Å². The summed E-state index contributed by atoms with van der Waals surface area (Å²) in [7, 11) is -4.03. The fourth-order valence-electron chi connectivity index (χ4n) is 2.67. The van der Waals surface area contributed by atoms with Crippen LogP contribution in [0.2, 0.25) is 5.02 Å². The van der Waals surface area contributed by atoms with Crippen molar-refractivity contribution < 1.29 is 22.1 Å². The number of benzene rings is 1. The van der Waals surface area contributed by atoms with Gasteiger partial charge in [-0.1, -0.05) is 43.6 Å². The van der Waals surface area contributed by atoms with Gasteiger partial charge in [0.2, 0.25) is 0 Å². The Bertz CT molecular complexity index is 633. The summed E-state index contributed by atoms with van der Waals surface area (Å²) in [5.74, 6) is -0.738. The molecule has 0 bridgehead atoms. The zero-order valence-corrected chi connectivity index (χ0v) is 14.8. The second-order valence-electron chi connectivity index (χ2n) is 5.50. The van der Waals surface area contributed by atoms with Crippen LogP contribution in [0.1, 0.15) is 32.3 Å².